The Labute approximate surface area is 188 Å². The molecule has 9 heteroatoms. The van der Waals surface area contributed by atoms with E-state index in [1.807, 2.05) is 32.9 Å². The summed E-state index contributed by atoms with van der Waals surface area (Å²) in [6.45, 7) is 6.98. The highest BCUT2D eigenvalue weighted by atomic mass is 35.5. The van der Waals surface area contributed by atoms with Gasteiger partial charge in [-0.3, -0.25) is 4.79 Å². The molecule has 2 atom stereocenters. The molecule has 1 fully saturated rings. The second-order valence-corrected chi connectivity index (χ2v) is 8.52. The van der Waals surface area contributed by atoms with Gasteiger partial charge in [0.2, 0.25) is 17.6 Å². The van der Waals surface area contributed by atoms with E-state index in [4.69, 9.17) is 16.1 Å². The van der Waals surface area contributed by atoms with Crippen LogP contribution in [0.2, 0.25) is 5.02 Å². The lowest BCUT2D eigenvalue weighted by atomic mass is 9.85. The van der Waals surface area contributed by atoms with Gasteiger partial charge in [-0.2, -0.15) is 4.98 Å². The number of nitrogens with one attached hydrogen (secondary N) is 3. The molecule has 31 heavy (non-hydrogen) atoms. The van der Waals surface area contributed by atoms with Gasteiger partial charge < -0.3 is 20.5 Å². The molecule has 1 heterocycles. The Morgan fingerprint density at radius 2 is 2.19 bits per heavy atom. The SMILES string of the molecule is CCNC(=NCc1nc(-c2cccc(Cl)c2)no1)NC1CCCC(C(=O)NC(C)C)C1. The molecule has 0 aliphatic heterocycles. The summed E-state index contributed by atoms with van der Waals surface area (Å²) in [4.78, 5) is 21.4. The van der Waals surface area contributed by atoms with Crippen molar-refractivity contribution in [3.05, 3.63) is 35.2 Å². The third-order valence-corrected chi connectivity index (χ3v) is 5.32. The number of rotatable bonds is 7. The Kier molecular flexibility index (Phi) is 8.28. The van der Waals surface area contributed by atoms with E-state index >= 15 is 0 Å². The van der Waals surface area contributed by atoms with Crippen molar-refractivity contribution >= 4 is 23.5 Å². The standard InChI is InChI=1S/C22H31ClN6O2/c1-4-24-22(27-18-10-6-8-16(12-18)21(30)26-14(2)3)25-13-19-28-20(29-31-19)15-7-5-9-17(23)11-15/h5,7,9,11,14,16,18H,4,6,8,10,12-13H2,1-3H3,(H,26,30)(H2,24,25,27). The minimum absolute atomic E-state index is 0.0349. The Balaban J connectivity index is 1.61. The van der Waals surface area contributed by atoms with Gasteiger partial charge in [0.25, 0.3) is 0 Å². The van der Waals surface area contributed by atoms with Crippen molar-refractivity contribution in [3.8, 4) is 11.4 Å². The summed E-state index contributed by atoms with van der Waals surface area (Å²) in [7, 11) is 0. The maximum absolute atomic E-state index is 12.4. The van der Waals surface area contributed by atoms with Crippen LogP contribution in [0.5, 0.6) is 0 Å². The first kappa shape index (κ1) is 23.1. The van der Waals surface area contributed by atoms with Gasteiger partial charge in [-0.15, -0.1) is 0 Å². The predicted molar refractivity (Wildman–Crippen MR) is 122 cm³/mol. The summed E-state index contributed by atoms with van der Waals surface area (Å²) in [5.74, 6) is 1.76. The average molecular weight is 447 g/mol. The first-order valence-electron chi connectivity index (χ1n) is 10.9. The Bertz CT molecular complexity index is 898. The minimum atomic E-state index is 0.0349. The van der Waals surface area contributed by atoms with Crippen LogP contribution in [0.4, 0.5) is 0 Å². The van der Waals surface area contributed by atoms with Gasteiger partial charge in [0.15, 0.2) is 5.96 Å². The normalized spacial score (nSPS) is 19.3. The van der Waals surface area contributed by atoms with Gasteiger partial charge in [-0.1, -0.05) is 35.3 Å². The molecule has 1 amide bonds. The summed E-state index contributed by atoms with van der Waals surface area (Å²) >= 11 is 6.04. The highest BCUT2D eigenvalue weighted by Gasteiger charge is 2.28. The Morgan fingerprint density at radius 1 is 1.35 bits per heavy atom. The van der Waals surface area contributed by atoms with Crippen LogP contribution in [0.15, 0.2) is 33.8 Å². The molecular formula is C22H31ClN6O2. The Morgan fingerprint density at radius 3 is 2.94 bits per heavy atom. The second kappa shape index (κ2) is 11.1. The zero-order valence-electron chi connectivity index (χ0n) is 18.3. The molecule has 1 aromatic carbocycles. The van der Waals surface area contributed by atoms with Gasteiger partial charge >= 0.3 is 0 Å². The predicted octanol–water partition coefficient (Wildman–Crippen LogP) is 3.53. The van der Waals surface area contributed by atoms with Gasteiger partial charge in [-0.05, 0) is 52.2 Å². The second-order valence-electron chi connectivity index (χ2n) is 8.09. The zero-order valence-corrected chi connectivity index (χ0v) is 19.1. The number of aromatic nitrogens is 2. The van der Waals surface area contributed by atoms with Crippen molar-refractivity contribution in [2.24, 2.45) is 10.9 Å². The van der Waals surface area contributed by atoms with Crippen molar-refractivity contribution in [2.75, 3.05) is 6.54 Å². The van der Waals surface area contributed by atoms with Gasteiger partial charge in [0.05, 0.1) is 0 Å². The number of benzene rings is 1. The summed E-state index contributed by atoms with van der Waals surface area (Å²) in [5, 5.41) is 14.4. The van der Waals surface area contributed by atoms with Crippen LogP contribution >= 0.6 is 11.6 Å². The van der Waals surface area contributed by atoms with Gasteiger partial charge in [-0.25, -0.2) is 4.99 Å². The first-order chi connectivity index (χ1) is 14.9. The van der Waals surface area contributed by atoms with Gasteiger partial charge in [0, 0.05) is 35.1 Å². The number of nitrogens with zero attached hydrogens (tertiary/aromatic N) is 3. The van der Waals surface area contributed by atoms with E-state index in [0.29, 0.717) is 22.7 Å². The van der Waals surface area contributed by atoms with E-state index in [1.165, 1.54) is 0 Å². The molecule has 0 radical (unpaired) electrons. The van der Waals surface area contributed by atoms with E-state index in [9.17, 15) is 4.79 Å². The lowest BCUT2D eigenvalue weighted by Crippen LogP contribution is -2.47. The minimum Gasteiger partial charge on any atom is -0.357 e. The number of amides is 1. The van der Waals surface area contributed by atoms with Crippen molar-refractivity contribution in [2.45, 2.75) is 65.1 Å². The molecule has 1 aliphatic rings. The highest BCUT2D eigenvalue weighted by Crippen LogP contribution is 2.25. The van der Waals surface area contributed by atoms with Crippen molar-refractivity contribution in [1.82, 2.24) is 26.1 Å². The molecular weight excluding hydrogens is 416 g/mol. The molecule has 8 nitrogen and oxygen atoms in total. The third kappa shape index (κ3) is 6.95. The van der Waals surface area contributed by atoms with E-state index in [-0.39, 0.29) is 30.5 Å². The largest absolute Gasteiger partial charge is 0.357 e. The summed E-state index contributed by atoms with van der Waals surface area (Å²) in [6.07, 6.45) is 3.75. The van der Waals surface area contributed by atoms with Crippen molar-refractivity contribution in [1.29, 1.82) is 0 Å². The van der Waals surface area contributed by atoms with E-state index in [2.05, 4.69) is 31.1 Å². The lowest BCUT2D eigenvalue weighted by molar-refractivity contribution is -0.126. The van der Waals surface area contributed by atoms with E-state index in [1.54, 1.807) is 12.1 Å². The maximum Gasteiger partial charge on any atom is 0.248 e. The molecule has 1 aliphatic carbocycles. The van der Waals surface area contributed by atoms with E-state index in [0.717, 1.165) is 37.8 Å². The quantitative estimate of drug-likeness (QED) is 0.444. The number of hydrogen-bond acceptors (Lipinski definition) is 5. The fourth-order valence-corrected chi connectivity index (χ4v) is 3.88. The number of hydrogen-bond donors (Lipinski definition) is 3. The van der Waals surface area contributed by atoms with E-state index < -0.39 is 0 Å². The molecule has 2 unspecified atom stereocenters. The molecule has 1 saturated carbocycles. The fraction of sp³-hybridized carbons (Fsp3) is 0.545. The summed E-state index contributed by atoms with van der Waals surface area (Å²) in [5.41, 5.74) is 0.796. The third-order valence-electron chi connectivity index (χ3n) is 5.08. The van der Waals surface area contributed by atoms with Crippen LogP contribution in [0, 0.1) is 5.92 Å². The number of aliphatic imine (C=N–C) groups is 1. The summed E-state index contributed by atoms with van der Waals surface area (Å²) in [6, 6.07) is 7.67. The van der Waals surface area contributed by atoms with Crippen LogP contribution in [-0.4, -0.2) is 40.6 Å². The Hall–Kier alpha value is -2.61. The van der Waals surface area contributed by atoms with Crippen molar-refractivity contribution in [3.63, 3.8) is 0 Å². The molecule has 2 aromatic rings. The number of guanidine groups is 1. The van der Waals surface area contributed by atoms with Gasteiger partial charge in [0.1, 0.15) is 6.54 Å². The zero-order chi connectivity index (χ0) is 22.2. The van der Waals surface area contributed by atoms with Crippen LogP contribution in [0.25, 0.3) is 11.4 Å². The number of carbonyl (C=O) groups excluding carboxylic acids is 1. The smallest absolute Gasteiger partial charge is 0.248 e. The highest BCUT2D eigenvalue weighted by molar-refractivity contribution is 6.30. The molecule has 1 aromatic heterocycles. The number of carbonyl (C=O) groups is 1. The molecule has 168 valence electrons. The summed E-state index contributed by atoms with van der Waals surface area (Å²) < 4.78 is 5.34. The molecule has 3 rings (SSSR count). The van der Waals surface area contributed by atoms with Crippen LogP contribution in [0.1, 0.15) is 52.3 Å². The van der Waals surface area contributed by atoms with Crippen LogP contribution < -0.4 is 16.0 Å². The molecule has 0 spiro atoms. The van der Waals surface area contributed by atoms with Crippen LogP contribution in [-0.2, 0) is 11.3 Å². The molecule has 0 bridgehead atoms. The number of halogens is 1. The molecule has 3 N–H and O–H groups in total. The topological polar surface area (TPSA) is 104 Å². The average Bonchev–Trinajstić information content (AvgIpc) is 3.21. The first-order valence-corrected chi connectivity index (χ1v) is 11.3. The van der Waals surface area contributed by atoms with Crippen molar-refractivity contribution < 1.29 is 9.32 Å². The fourth-order valence-electron chi connectivity index (χ4n) is 3.69. The maximum atomic E-state index is 12.4. The van der Waals surface area contributed by atoms with Crippen LogP contribution in [0.3, 0.4) is 0 Å². The molecule has 0 saturated heterocycles. The monoisotopic (exact) mass is 446 g/mol. The lowest BCUT2D eigenvalue weighted by Gasteiger charge is -2.30.